The van der Waals surface area contributed by atoms with E-state index in [9.17, 15) is 4.79 Å². The molecule has 132 valence electrons. The number of hydrogen-bond acceptors (Lipinski definition) is 3. The summed E-state index contributed by atoms with van der Waals surface area (Å²) in [5.41, 5.74) is 1.85. The Hall–Kier alpha value is -1.75. The van der Waals surface area contributed by atoms with Crippen LogP contribution in [0, 0.1) is 0 Å². The molecule has 0 unspecified atom stereocenters. The van der Waals surface area contributed by atoms with Crippen LogP contribution in [-0.2, 0) is 4.79 Å². The highest BCUT2D eigenvalue weighted by Gasteiger charge is 2.25. The van der Waals surface area contributed by atoms with Crippen LogP contribution in [0.4, 0.5) is 11.4 Å². The number of piperazine rings is 1. The van der Waals surface area contributed by atoms with E-state index in [0.717, 1.165) is 26.2 Å². The first-order valence-electron chi connectivity index (χ1n) is 8.34. The molecule has 1 atom stereocenters. The summed E-state index contributed by atoms with van der Waals surface area (Å²) in [6.07, 6.45) is 0. The highest BCUT2D eigenvalue weighted by Crippen LogP contribution is 2.23. The predicted octanol–water partition coefficient (Wildman–Crippen LogP) is 4.14. The van der Waals surface area contributed by atoms with Gasteiger partial charge < -0.3 is 10.2 Å². The monoisotopic (exact) mass is 377 g/mol. The Labute approximate surface area is 158 Å². The highest BCUT2D eigenvalue weighted by molar-refractivity contribution is 6.35. The molecule has 1 aliphatic rings. The van der Waals surface area contributed by atoms with Gasteiger partial charge in [0.25, 0.3) is 0 Å². The summed E-state index contributed by atoms with van der Waals surface area (Å²) in [4.78, 5) is 17.1. The van der Waals surface area contributed by atoms with Crippen LogP contribution in [0.15, 0.2) is 48.5 Å². The molecule has 1 amide bonds. The number of nitrogens with zero attached hydrogens (tertiary/aromatic N) is 2. The molecule has 0 spiro atoms. The third kappa shape index (κ3) is 4.66. The summed E-state index contributed by atoms with van der Waals surface area (Å²) < 4.78 is 0. The van der Waals surface area contributed by atoms with Gasteiger partial charge in [-0.1, -0.05) is 41.4 Å². The van der Waals surface area contributed by atoms with Gasteiger partial charge in [0.2, 0.25) is 5.91 Å². The average molecular weight is 378 g/mol. The molecular weight excluding hydrogens is 357 g/mol. The van der Waals surface area contributed by atoms with Gasteiger partial charge in [0.1, 0.15) is 0 Å². The van der Waals surface area contributed by atoms with Crippen molar-refractivity contribution in [2.45, 2.75) is 13.0 Å². The minimum atomic E-state index is -0.212. The first kappa shape index (κ1) is 18.1. The maximum Gasteiger partial charge on any atom is 0.241 e. The second kappa shape index (κ2) is 8.09. The molecule has 1 fully saturated rings. The zero-order chi connectivity index (χ0) is 17.8. The molecule has 2 aromatic rings. The van der Waals surface area contributed by atoms with Gasteiger partial charge in [0.15, 0.2) is 0 Å². The molecule has 0 bridgehead atoms. The molecule has 0 aromatic heterocycles. The Bertz CT molecular complexity index is 710. The molecule has 1 aliphatic heterocycles. The molecule has 25 heavy (non-hydrogen) atoms. The maximum absolute atomic E-state index is 12.5. The maximum atomic E-state index is 12.5. The van der Waals surface area contributed by atoms with Crippen molar-refractivity contribution in [3.63, 3.8) is 0 Å². The molecule has 1 N–H and O–H groups in total. The van der Waals surface area contributed by atoms with E-state index < -0.39 is 0 Å². The number of benzene rings is 2. The third-order valence-corrected chi connectivity index (χ3v) is 4.93. The van der Waals surface area contributed by atoms with Crippen molar-refractivity contribution in [2.24, 2.45) is 0 Å². The van der Waals surface area contributed by atoms with Gasteiger partial charge in [0, 0.05) is 47.6 Å². The van der Waals surface area contributed by atoms with Crippen LogP contribution < -0.4 is 10.2 Å². The zero-order valence-electron chi connectivity index (χ0n) is 14.1. The Morgan fingerprint density at radius 2 is 1.60 bits per heavy atom. The summed E-state index contributed by atoms with van der Waals surface area (Å²) >= 11 is 12.0. The van der Waals surface area contributed by atoms with Gasteiger partial charge in [-0.05, 0) is 37.3 Å². The van der Waals surface area contributed by atoms with Gasteiger partial charge in [-0.25, -0.2) is 0 Å². The lowest BCUT2D eigenvalue weighted by Gasteiger charge is -2.38. The zero-order valence-corrected chi connectivity index (χ0v) is 15.6. The Morgan fingerprint density at radius 3 is 2.20 bits per heavy atom. The fraction of sp³-hybridized carbons (Fsp3) is 0.316. The lowest BCUT2D eigenvalue weighted by Crippen LogP contribution is -2.52. The lowest BCUT2D eigenvalue weighted by molar-refractivity contribution is -0.120. The fourth-order valence-corrected chi connectivity index (χ4v) is 3.57. The van der Waals surface area contributed by atoms with Crippen molar-refractivity contribution in [3.05, 3.63) is 58.6 Å². The number of anilines is 2. The Morgan fingerprint density at radius 1 is 1.00 bits per heavy atom. The summed E-state index contributed by atoms with van der Waals surface area (Å²) in [6, 6.07) is 15.2. The molecule has 1 heterocycles. The van der Waals surface area contributed by atoms with Crippen molar-refractivity contribution in [1.82, 2.24) is 4.90 Å². The smallest absolute Gasteiger partial charge is 0.241 e. The summed E-state index contributed by atoms with van der Waals surface area (Å²) in [5.74, 6) is -0.0495. The molecule has 3 rings (SSSR count). The molecule has 0 aliphatic carbocycles. The molecule has 0 radical (unpaired) electrons. The van der Waals surface area contributed by atoms with Crippen LogP contribution in [0.2, 0.25) is 10.0 Å². The van der Waals surface area contributed by atoms with Gasteiger partial charge in [0.05, 0.1) is 6.04 Å². The quantitative estimate of drug-likeness (QED) is 0.869. The molecular formula is C19H21Cl2N3O. The summed E-state index contributed by atoms with van der Waals surface area (Å²) in [5, 5.41) is 3.91. The number of para-hydroxylation sites is 1. The number of carbonyl (C=O) groups is 1. The number of carbonyl (C=O) groups excluding carboxylic acids is 1. The van der Waals surface area contributed by atoms with Crippen molar-refractivity contribution < 1.29 is 4.79 Å². The van der Waals surface area contributed by atoms with Crippen LogP contribution in [-0.4, -0.2) is 43.0 Å². The van der Waals surface area contributed by atoms with Gasteiger partial charge >= 0.3 is 0 Å². The first-order valence-corrected chi connectivity index (χ1v) is 9.09. The van der Waals surface area contributed by atoms with Gasteiger partial charge in [-0.3, -0.25) is 9.69 Å². The summed E-state index contributed by atoms with van der Waals surface area (Å²) in [6.45, 7) is 5.44. The summed E-state index contributed by atoms with van der Waals surface area (Å²) in [7, 11) is 0. The van der Waals surface area contributed by atoms with E-state index in [1.807, 2.05) is 25.1 Å². The van der Waals surface area contributed by atoms with Crippen molar-refractivity contribution in [3.8, 4) is 0 Å². The van der Waals surface area contributed by atoms with Crippen molar-refractivity contribution in [1.29, 1.82) is 0 Å². The van der Waals surface area contributed by atoms with E-state index in [1.54, 1.807) is 18.2 Å². The SMILES string of the molecule is C[C@H](C(=O)Nc1cc(Cl)cc(Cl)c1)N1CCN(c2ccccc2)CC1. The second-order valence-electron chi connectivity index (χ2n) is 6.18. The Balaban J connectivity index is 1.56. The molecule has 6 heteroatoms. The van der Waals surface area contributed by atoms with Gasteiger partial charge in [-0.15, -0.1) is 0 Å². The van der Waals surface area contributed by atoms with Crippen LogP contribution in [0.5, 0.6) is 0 Å². The normalized spacial score (nSPS) is 16.5. The van der Waals surface area contributed by atoms with E-state index in [-0.39, 0.29) is 11.9 Å². The van der Waals surface area contributed by atoms with Crippen molar-refractivity contribution in [2.75, 3.05) is 36.4 Å². The van der Waals surface area contributed by atoms with E-state index in [0.29, 0.717) is 15.7 Å². The number of hydrogen-bond donors (Lipinski definition) is 1. The molecule has 1 saturated heterocycles. The minimum Gasteiger partial charge on any atom is -0.369 e. The van der Waals surface area contributed by atoms with Crippen LogP contribution in [0.3, 0.4) is 0 Å². The highest BCUT2D eigenvalue weighted by atomic mass is 35.5. The largest absolute Gasteiger partial charge is 0.369 e. The van der Waals surface area contributed by atoms with E-state index in [2.05, 4.69) is 27.2 Å². The Kier molecular flexibility index (Phi) is 5.84. The fourth-order valence-electron chi connectivity index (χ4n) is 3.04. The van der Waals surface area contributed by atoms with Gasteiger partial charge in [-0.2, -0.15) is 0 Å². The first-order chi connectivity index (χ1) is 12.0. The van der Waals surface area contributed by atoms with E-state index in [4.69, 9.17) is 23.2 Å². The number of amides is 1. The minimum absolute atomic E-state index is 0.0495. The molecule has 4 nitrogen and oxygen atoms in total. The third-order valence-electron chi connectivity index (χ3n) is 4.49. The topological polar surface area (TPSA) is 35.6 Å². The molecule has 2 aromatic carbocycles. The van der Waals surface area contributed by atoms with Crippen LogP contribution in [0.1, 0.15) is 6.92 Å². The average Bonchev–Trinajstić information content (AvgIpc) is 2.61. The molecule has 0 saturated carbocycles. The van der Waals surface area contributed by atoms with Crippen LogP contribution >= 0.6 is 23.2 Å². The number of halogens is 2. The predicted molar refractivity (Wildman–Crippen MR) is 105 cm³/mol. The lowest BCUT2D eigenvalue weighted by atomic mass is 10.2. The van der Waals surface area contributed by atoms with E-state index in [1.165, 1.54) is 5.69 Å². The van der Waals surface area contributed by atoms with E-state index >= 15 is 0 Å². The number of rotatable bonds is 4. The van der Waals surface area contributed by atoms with Crippen molar-refractivity contribution >= 4 is 40.5 Å². The number of nitrogens with one attached hydrogen (secondary N) is 1. The van der Waals surface area contributed by atoms with Crippen LogP contribution in [0.25, 0.3) is 0 Å². The standard InChI is InChI=1S/C19H21Cl2N3O/c1-14(19(25)22-17-12-15(20)11-16(21)13-17)23-7-9-24(10-8-23)18-5-3-2-4-6-18/h2-6,11-14H,7-10H2,1H3,(H,22,25)/t14-/m1/s1. The second-order valence-corrected chi connectivity index (χ2v) is 7.05.